The maximum Gasteiger partial charge on any atom is 0.280 e. The molecule has 4 fully saturated rings. The molecule has 2 aromatic carbocycles. The molecule has 5 nitrogen and oxygen atoms in total. The Hall–Kier alpha value is -3.47. The van der Waals surface area contributed by atoms with Crippen molar-refractivity contribution in [3.8, 4) is 5.69 Å². The Labute approximate surface area is 231 Å². The van der Waals surface area contributed by atoms with Gasteiger partial charge in [-0.25, -0.2) is 4.68 Å². The summed E-state index contributed by atoms with van der Waals surface area (Å²) in [4.78, 5) is 13.6. The van der Waals surface area contributed by atoms with Crippen LogP contribution < -0.4 is 5.01 Å². The molecule has 1 amide bonds. The monoisotopic (exact) mass is 518 g/mol. The molecule has 5 heteroatoms. The summed E-state index contributed by atoms with van der Waals surface area (Å²) in [5.41, 5.74) is 10.5. The van der Waals surface area contributed by atoms with Crippen molar-refractivity contribution in [3.05, 3.63) is 81.7 Å². The van der Waals surface area contributed by atoms with Crippen LogP contribution in [0.3, 0.4) is 0 Å². The second kappa shape index (κ2) is 8.77. The predicted octanol–water partition coefficient (Wildman–Crippen LogP) is 7.38. The standard InChI is InChI=1S/C34H38N4O/c1-20-6-9-30(12-21(20)2)37-24(5)31(22(3)35-37)16-32-23(4)36-38(33(32)39)29-10-7-28(8-11-29)34-17-25-13-26(18-34)15-27(14-25)19-34/h6-12,16,25-27H,13-15,17-19H2,1-5H3/b32-16-. The minimum Gasteiger partial charge on any atom is -0.267 e. The molecule has 0 unspecified atom stereocenters. The van der Waals surface area contributed by atoms with Crippen LogP contribution in [0.1, 0.15) is 79.1 Å². The summed E-state index contributed by atoms with van der Waals surface area (Å²) >= 11 is 0. The van der Waals surface area contributed by atoms with E-state index in [1.54, 1.807) is 5.01 Å². The molecule has 0 saturated heterocycles. The van der Waals surface area contributed by atoms with Crippen molar-refractivity contribution < 1.29 is 4.79 Å². The summed E-state index contributed by atoms with van der Waals surface area (Å²) < 4.78 is 1.97. The van der Waals surface area contributed by atoms with E-state index in [2.05, 4.69) is 68.3 Å². The second-order valence-electron chi connectivity index (χ2n) is 12.9. The lowest BCUT2D eigenvalue weighted by Gasteiger charge is -2.57. The number of carbonyl (C=O) groups is 1. The maximum absolute atomic E-state index is 13.6. The molecule has 4 bridgehead atoms. The number of amides is 1. The number of hydrazone groups is 1. The first-order valence-corrected chi connectivity index (χ1v) is 14.6. The third-order valence-electron chi connectivity index (χ3n) is 10.2. The number of nitrogens with zero attached hydrogens (tertiary/aromatic N) is 4. The summed E-state index contributed by atoms with van der Waals surface area (Å²) in [5, 5.41) is 11.1. The van der Waals surface area contributed by atoms with Crippen molar-refractivity contribution in [2.45, 2.75) is 78.6 Å². The first-order chi connectivity index (χ1) is 18.7. The highest BCUT2D eigenvalue weighted by molar-refractivity contribution is 6.32. The van der Waals surface area contributed by atoms with Crippen molar-refractivity contribution >= 4 is 23.4 Å². The van der Waals surface area contributed by atoms with E-state index in [4.69, 9.17) is 5.10 Å². The number of anilines is 1. The van der Waals surface area contributed by atoms with Crippen LogP contribution >= 0.6 is 0 Å². The molecule has 0 N–H and O–H groups in total. The third-order valence-corrected chi connectivity index (χ3v) is 10.2. The quantitative estimate of drug-likeness (QED) is 0.338. The topological polar surface area (TPSA) is 50.5 Å². The SMILES string of the molecule is CC1=NN(c2ccc(C34CC5CC(CC(C5)C3)C4)cc2)C(=O)/C1=C\c1c(C)nn(-c2ccc(C)c(C)c2)c1C. The van der Waals surface area contributed by atoms with Crippen LogP contribution in [0.2, 0.25) is 0 Å². The van der Waals surface area contributed by atoms with Gasteiger partial charge in [0.2, 0.25) is 0 Å². The molecule has 0 spiro atoms. The maximum atomic E-state index is 13.6. The van der Waals surface area contributed by atoms with Crippen LogP contribution in [0.15, 0.2) is 53.1 Å². The van der Waals surface area contributed by atoms with E-state index in [0.717, 1.165) is 51.8 Å². The summed E-state index contributed by atoms with van der Waals surface area (Å²) in [6, 6.07) is 15.2. The largest absolute Gasteiger partial charge is 0.280 e. The number of benzene rings is 2. The smallest absolute Gasteiger partial charge is 0.267 e. The number of hydrogen-bond acceptors (Lipinski definition) is 3. The highest BCUT2D eigenvalue weighted by Crippen LogP contribution is 2.60. The first kappa shape index (κ1) is 24.6. The van der Waals surface area contributed by atoms with Crippen LogP contribution in [0.25, 0.3) is 11.8 Å². The average Bonchev–Trinajstić information content (AvgIpc) is 3.35. The number of hydrogen-bond donors (Lipinski definition) is 0. The molecule has 4 saturated carbocycles. The van der Waals surface area contributed by atoms with Gasteiger partial charge in [-0.15, -0.1) is 0 Å². The Balaban J connectivity index is 1.16. The van der Waals surface area contributed by atoms with Gasteiger partial charge in [0.15, 0.2) is 0 Å². The Bertz CT molecular complexity index is 1520. The van der Waals surface area contributed by atoms with E-state index < -0.39 is 0 Å². The molecule has 1 aromatic heterocycles. The van der Waals surface area contributed by atoms with Crippen molar-refractivity contribution in [2.75, 3.05) is 5.01 Å². The van der Waals surface area contributed by atoms with E-state index in [0.29, 0.717) is 11.0 Å². The van der Waals surface area contributed by atoms with E-state index >= 15 is 0 Å². The molecule has 0 radical (unpaired) electrons. The lowest BCUT2D eigenvalue weighted by Crippen LogP contribution is -2.48. The predicted molar refractivity (Wildman–Crippen MR) is 157 cm³/mol. The fourth-order valence-electron chi connectivity index (χ4n) is 8.40. The third kappa shape index (κ3) is 3.92. The van der Waals surface area contributed by atoms with Gasteiger partial charge >= 0.3 is 0 Å². The Morgan fingerprint density at radius 3 is 2.05 bits per heavy atom. The van der Waals surface area contributed by atoms with Gasteiger partial charge in [0, 0.05) is 11.3 Å². The van der Waals surface area contributed by atoms with Gasteiger partial charge < -0.3 is 0 Å². The van der Waals surface area contributed by atoms with Crippen molar-refractivity contribution in [2.24, 2.45) is 22.9 Å². The summed E-state index contributed by atoms with van der Waals surface area (Å²) in [6.07, 6.45) is 10.4. The van der Waals surface area contributed by atoms with Crippen molar-refractivity contribution in [1.29, 1.82) is 0 Å². The second-order valence-corrected chi connectivity index (χ2v) is 12.9. The highest BCUT2D eigenvalue weighted by Gasteiger charge is 2.51. The highest BCUT2D eigenvalue weighted by atomic mass is 16.2. The van der Waals surface area contributed by atoms with Crippen LogP contribution in [0, 0.1) is 45.4 Å². The molecular formula is C34H38N4O. The van der Waals surface area contributed by atoms with Gasteiger partial charge in [0.05, 0.1) is 28.4 Å². The molecule has 200 valence electrons. The summed E-state index contributed by atoms with van der Waals surface area (Å²) in [7, 11) is 0. The van der Waals surface area contributed by atoms with Gasteiger partial charge in [-0.3, -0.25) is 4.79 Å². The lowest BCUT2D eigenvalue weighted by atomic mass is 9.48. The van der Waals surface area contributed by atoms with Crippen LogP contribution in [0.4, 0.5) is 5.69 Å². The minimum atomic E-state index is -0.0761. The van der Waals surface area contributed by atoms with Crippen LogP contribution in [-0.4, -0.2) is 21.4 Å². The van der Waals surface area contributed by atoms with E-state index in [-0.39, 0.29) is 5.91 Å². The van der Waals surface area contributed by atoms with Gasteiger partial charge in [0.25, 0.3) is 5.91 Å². The fourth-order valence-corrected chi connectivity index (χ4v) is 8.40. The zero-order valence-electron chi connectivity index (χ0n) is 23.8. The molecule has 5 aliphatic rings. The molecule has 1 aliphatic heterocycles. The van der Waals surface area contributed by atoms with Gasteiger partial charge in [-0.1, -0.05) is 18.2 Å². The first-order valence-electron chi connectivity index (χ1n) is 14.6. The Kier molecular flexibility index (Phi) is 5.52. The van der Waals surface area contributed by atoms with Gasteiger partial charge in [0.1, 0.15) is 0 Å². The number of aryl methyl sites for hydroxylation is 3. The van der Waals surface area contributed by atoms with Gasteiger partial charge in [-0.2, -0.15) is 15.2 Å². The molecule has 0 atom stereocenters. The molecule has 3 aromatic rings. The zero-order valence-corrected chi connectivity index (χ0v) is 23.8. The van der Waals surface area contributed by atoms with E-state index in [1.165, 1.54) is 55.2 Å². The minimum absolute atomic E-state index is 0.0761. The molecule has 4 aliphatic carbocycles. The Morgan fingerprint density at radius 1 is 0.821 bits per heavy atom. The average molecular weight is 519 g/mol. The molecule has 8 rings (SSSR count). The van der Waals surface area contributed by atoms with E-state index in [9.17, 15) is 4.79 Å². The molecule has 39 heavy (non-hydrogen) atoms. The van der Waals surface area contributed by atoms with Crippen LogP contribution in [-0.2, 0) is 10.2 Å². The van der Waals surface area contributed by atoms with Crippen molar-refractivity contribution in [1.82, 2.24) is 9.78 Å². The molecule has 2 heterocycles. The zero-order chi connectivity index (χ0) is 27.1. The Morgan fingerprint density at radius 2 is 1.44 bits per heavy atom. The summed E-state index contributed by atoms with van der Waals surface area (Å²) in [5.74, 6) is 2.68. The number of aromatic nitrogens is 2. The lowest BCUT2D eigenvalue weighted by molar-refractivity contribution is -0.114. The fraction of sp³-hybridized carbons (Fsp3) is 0.441. The molecular weight excluding hydrogens is 480 g/mol. The van der Waals surface area contributed by atoms with Gasteiger partial charge in [-0.05, 0) is 143 Å². The normalized spacial score (nSPS) is 28.6. The number of carbonyl (C=O) groups excluding carboxylic acids is 1. The van der Waals surface area contributed by atoms with E-state index in [1.807, 2.05) is 24.6 Å². The summed E-state index contributed by atoms with van der Waals surface area (Å²) in [6.45, 7) is 10.2. The van der Waals surface area contributed by atoms with Crippen LogP contribution in [0.5, 0.6) is 0 Å². The van der Waals surface area contributed by atoms with Crippen molar-refractivity contribution in [3.63, 3.8) is 0 Å². The number of rotatable bonds is 4.